The molecule has 2 aromatic heterocycles. The molecule has 2 amide bonds. The van der Waals surface area contributed by atoms with E-state index in [9.17, 15) is 14.4 Å². The van der Waals surface area contributed by atoms with E-state index in [4.69, 9.17) is 0 Å². The van der Waals surface area contributed by atoms with Crippen LogP contribution in [0.4, 0.5) is 0 Å². The molecular weight excluding hydrogens is 320 g/mol. The molecule has 0 aliphatic rings. The number of hydrazine groups is 1. The number of ketones is 1. The number of aryl methyl sites for hydroxylation is 1. The maximum Gasteiger partial charge on any atom is 0.286 e. The lowest BCUT2D eigenvalue weighted by molar-refractivity contribution is 0.0844. The van der Waals surface area contributed by atoms with Gasteiger partial charge < -0.3 is 9.97 Å². The molecule has 4 N–H and O–H groups in total. The summed E-state index contributed by atoms with van der Waals surface area (Å²) < 4.78 is 0. The van der Waals surface area contributed by atoms with E-state index in [0.29, 0.717) is 22.4 Å². The zero-order chi connectivity index (χ0) is 18.1. The fourth-order valence-electron chi connectivity index (χ4n) is 3.01. The number of H-pyrrole nitrogens is 2. The summed E-state index contributed by atoms with van der Waals surface area (Å²) in [5.41, 5.74) is 7.97. The first-order valence-corrected chi connectivity index (χ1v) is 7.77. The van der Waals surface area contributed by atoms with Crippen LogP contribution in [-0.2, 0) is 0 Å². The number of para-hydroxylation sites is 1. The number of aromatic amines is 2. The number of rotatable bonds is 3. The van der Waals surface area contributed by atoms with Crippen molar-refractivity contribution in [1.29, 1.82) is 0 Å². The Morgan fingerprint density at radius 1 is 1.00 bits per heavy atom. The van der Waals surface area contributed by atoms with Crippen molar-refractivity contribution in [2.75, 3.05) is 0 Å². The summed E-state index contributed by atoms with van der Waals surface area (Å²) in [6, 6.07) is 7.38. The van der Waals surface area contributed by atoms with Gasteiger partial charge in [-0.2, -0.15) is 0 Å². The van der Waals surface area contributed by atoms with E-state index in [1.54, 1.807) is 20.0 Å². The number of amides is 2. The summed E-state index contributed by atoms with van der Waals surface area (Å²) in [5.74, 6) is -1.06. The Kier molecular flexibility index (Phi) is 4.14. The van der Waals surface area contributed by atoms with Gasteiger partial charge in [0.2, 0.25) is 0 Å². The molecule has 0 atom stereocenters. The van der Waals surface area contributed by atoms with Crippen LogP contribution in [0.2, 0.25) is 0 Å². The number of aromatic nitrogens is 2. The van der Waals surface area contributed by atoms with E-state index >= 15 is 0 Å². The number of hydrogen-bond acceptors (Lipinski definition) is 3. The number of carbonyl (C=O) groups is 3. The van der Waals surface area contributed by atoms with Crippen LogP contribution in [0.5, 0.6) is 0 Å². The molecule has 0 aliphatic heterocycles. The third-order valence-corrected chi connectivity index (χ3v) is 4.14. The van der Waals surface area contributed by atoms with Gasteiger partial charge in [-0.05, 0) is 32.4 Å². The van der Waals surface area contributed by atoms with Gasteiger partial charge in [0.1, 0.15) is 5.69 Å². The molecule has 1 aromatic carbocycles. The Labute approximate surface area is 143 Å². The normalized spacial score (nSPS) is 10.7. The zero-order valence-corrected chi connectivity index (χ0v) is 14.1. The highest BCUT2D eigenvalue weighted by atomic mass is 16.2. The molecule has 25 heavy (non-hydrogen) atoms. The van der Waals surface area contributed by atoms with E-state index in [0.717, 1.165) is 10.9 Å². The smallest absolute Gasteiger partial charge is 0.286 e. The monoisotopic (exact) mass is 338 g/mol. The minimum atomic E-state index is -0.513. The molecule has 128 valence electrons. The zero-order valence-electron chi connectivity index (χ0n) is 14.1. The van der Waals surface area contributed by atoms with Crippen molar-refractivity contribution in [2.24, 2.45) is 0 Å². The van der Waals surface area contributed by atoms with Gasteiger partial charge >= 0.3 is 0 Å². The quantitative estimate of drug-likeness (QED) is 0.435. The van der Waals surface area contributed by atoms with Gasteiger partial charge in [-0.3, -0.25) is 25.2 Å². The summed E-state index contributed by atoms with van der Waals surface area (Å²) in [4.78, 5) is 42.2. The predicted octanol–water partition coefficient (Wildman–Crippen LogP) is 2.39. The molecule has 0 aliphatic carbocycles. The molecule has 3 aromatic rings. The second-order valence-corrected chi connectivity index (χ2v) is 5.84. The van der Waals surface area contributed by atoms with Gasteiger partial charge in [-0.15, -0.1) is 0 Å². The molecule has 7 nitrogen and oxygen atoms in total. The van der Waals surface area contributed by atoms with Gasteiger partial charge in [0, 0.05) is 28.4 Å². The summed E-state index contributed by atoms with van der Waals surface area (Å²) in [6.07, 6.45) is 1.59. The second-order valence-electron chi connectivity index (χ2n) is 5.84. The van der Waals surface area contributed by atoms with E-state index in [1.807, 2.05) is 24.3 Å². The summed E-state index contributed by atoms with van der Waals surface area (Å²) in [7, 11) is 0. The Morgan fingerprint density at radius 3 is 2.36 bits per heavy atom. The SMILES string of the molecule is CC(=O)c1c(C)[nH]c(C(=O)NNC(=O)c2c[nH]c3ccccc23)c1C. The lowest BCUT2D eigenvalue weighted by Gasteiger charge is -2.06. The first-order valence-electron chi connectivity index (χ1n) is 7.77. The molecule has 0 radical (unpaired) electrons. The van der Waals surface area contributed by atoms with Crippen molar-refractivity contribution in [3.8, 4) is 0 Å². The highest BCUT2D eigenvalue weighted by Crippen LogP contribution is 2.19. The largest absolute Gasteiger partial charge is 0.360 e. The molecule has 0 saturated heterocycles. The van der Waals surface area contributed by atoms with Crippen molar-refractivity contribution in [3.63, 3.8) is 0 Å². The topological polar surface area (TPSA) is 107 Å². The maximum atomic E-state index is 12.3. The summed E-state index contributed by atoms with van der Waals surface area (Å²) in [6.45, 7) is 4.87. The van der Waals surface area contributed by atoms with Crippen LogP contribution in [0.3, 0.4) is 0 Å². The number of carbonyl (C=O) groups excluding carboxylic acids is 3. The molecule has 2 heterocycles. The molecule has 3 rings (SSSR count). The predicted molar refractivity (Wildman–Crippen MR) is 93.5 cm³/mol. The fourth-order valence-corrected chi connectivity index (χ4v) is 3.01. The van der Waals surface area contributed by atoms with Crippen molar-refractivity contribution in [3.05, 3.63) is 58.5 Å². The molecule has 0 unspecified atom stereocenters. The molecule has 0 spiro atoms. The fraction of sp³-hybridized carbons (Fsp3) is 0.167. The van der Waals surface area contributed by atoms with E-state index in [1.165, 1.54) is 6.92 Å². The second kappa shape index (κ2) is 6.27. The lowest BCUT2D eigenvalue weighted by Crippen LogP contribution is -2.42. The number of hydrogen-bond donors (Lipinski definition) is 4. The van der Waals surface area contributed by atoms with Crippen LogP contribution >= 0.6 is 0 Å². The van der Waals surface area contributed by atoms with Crippen LogP contribution in [-0.4, -0.2) is 27.6 Å². The number of nitrogens with one attached hydrogen (secondary N) is 4. The Hall–Kier alpha value is -3.35. The molecule has 7 heteroatoms. The van der Waals surface area contributed by atoms with Crippen LogP contribution in [0, 0.1) is 13.8 Å². The van der Waals surface area contributed by atoms with Crippen LogP contribution in [0.1, 0.15) is 49.4 Å². The van der Waals surface area contributed by atoms with Crippen molar-refractivity contribution in [1.82, 2.24) is 20.8 Å². The van der Waals surface area contributed by atoms with Crippen molar-refractivity contribution < 1.29 is 14.4 Å². The average Bonchev–Trinajstić information content (AvgIpc) is 3.13. The molecule has 0 saturated carbocycles. The lowest BCUT2D eigenvalue weighted by atomic mass is 10.1. The Bertz CT molecular complexity index is 997. The van der Waals surface area contributed by atoms with Gasteiger partial charge in [0.05, 0.1) is 5.56 Å². The Morgan fingerprint density at radius 2 is 1.68 bits per heavy atom. The van der Waals surface area contributed by atoms with Gasteiger partial charge in [0.15, 0.2) is 5.78 Å². The van der Waals surface area contributed by atoms with Crippen LogP contribution < -0.4 is 10.9 Å². The summed E-state index contributed by atoms with van der Waals surface area (Å²) in [5, 5.41) is 0.764. The van der Waals surface area contributed by atoms with Gasteiger partial charge in [-0.25, -0.2) is 0 Å². The number of fused-ring (bicyclic) bond motifs is 1. The van der Waals surface area contributed by atoms with E-state index in [-0.39, 0.29) is 11.5 Å². The van der Waals surface area contributed by atoms with Crippen LogP contribution in [0.15, 0.2) is 30.5 Å². The standard InChI is InChI=1S/C18H18N4O3/c1-9-15(11(3)23)10(2)20-16(9)18(25)22-21-17(24)13-8-19-14-7-5-4-6-12(13)14/h4-8,19-20H,1-3H3,(H,21,24)(H,22,25). The number of Topliss-reactive ketones (excluding diaryl/α,β-unsaturated/α-hetero) is 1. The Balaban J connectivity index is 1.75. The third kappa shape index (κ3) is 2.91. The minimum Gasteiger partial charge on any atom is -0.360 e. The van der Waals surface area contributed by atoms with Crippen LogP contribution in [0.25, 0.3) is 10.9 Å². The van der Waals surface area contributed by atoms with Gasteiger partial charge in [-0.1, -0.05) is 18.2 Å². The van der Waals surface area contributed by atoms with Gasteiger partial charge in [0.25, 0.3) is 11.8 Å². The van der Waals surface area contributed by atoms with Crippen molar-refractivity contribution >= 4 is 28.5 Å². The minimum absolute atomic E-state index is 0.117. The number of benzene rings is 1. The molecular formula is C18H18N4O3. The maximum absolute atomic E-state index is 12.3. The van der Waals surface area contributed by atoms with Crippen molar-refractivity contribution in [2.45, 2.75) is 20.8 Å². The van der Waals surface area contributed by atoms with E-state index < -0.39 is 11.8 Å². The highest BCUT2D eigenvalue weighted by Gasteiger charge is 2.20. The molecule has 0 bridgehead atoms. The third-order valence-electron chi connectivity index (χ3n) is 4.14. The average molecular weight is 338 g/mol. The first-order chi connectivity index (χ1) is 11.9. The van der Waals surface area contributed by atoms with E-state index in [2.05, 4.69) is 20.8 Å². The summed E-state index contributed by atoms with van der Waals surface area (Å²) >= 11 is 0. The first kappa shape index (κ1) is 16.5. The highest BCUT2D eigenvalue weighted by molar-refractivity contribution is 6.08. The molecule has 0 fully saturated rings.